The molecule has 0 aliphatic carbocycles. The first kappa shape index (κ1) is 22.3. The van der Waals surface area contributed by atoms with E-state index in [2.05, 4.69) is 5.32 Å². The standard InChI is InChI=1S/C19H29N3O5S/c1-19(2,3)20-17(23)14-21-10-7-11-22(13-12-21)28(25,26)16-9-6-5-8-15(16)18(24)27-4/h5-6,8-9H,7,10-14H2,1-4H3,(H,20,23)/p+1. The predicted molar refractivity (Wildman–Crippen MR) is 105 cm³/mol. The summed E-state index contributed by atoms with van der Waals surface area (Å²) in [6, 6.07) is 6.07. The minimum Gasteiger partial charge on any atom is -0.465 e. The molecule has 1 fully saturated rings. The lowest BCUT2D eigenvalue weighted by atomic mass is 10.1. The Labute approximate surface area is 166 Å². The Morgan fingerprint density at radius 1 is 1.18 bits per heavy atom. The van der Waals surface area contributed by atoms with Gasteiger partial charge in [0.15, 0.2) is 6.54 Å². The van der Waals surface area contributed by atoms with Crippen LogP contribution in [-0.2, 0) is 19.6 Å². The van der Waals surface area contributed by atoms with Crippen molar-refractivity contribution in [2.75, 3.05) is 39.8 Å². The number of quaternary nitrogens is 1. The highest BCUT2D eigenvalue weighted by Gasteiger charge is 2.32. The first-order chi connectivity index (χ1) is 13.0. The predicted octanol–water partition coefficient (Wildman–Crippen LogP) is -0.333. The number of hydrogen-bond acceptors (Lipinski definition) is 5. The second-order valence-corrected chi connectivity index (χ2v) is 9.88. The number of hydrogen-bond donors (Lipinski definition) is 2. The van der Waals surface area contributed by atoms with Gasteiger partial charge in [-0.2, -0.15) is 4.31 Å². The molecule has 1 unspecified atom stereocenters. The summed E-state index contributed by atoms with van der Waals surface area (Å²) in [5, 5.41) is 2.94. The summed E-state index contributed by atoms with van der Waals surface area (Å²) in [6.07, 6.45) is 0.637. The van der Waals surface area contributed by atoms with E-state index < -0.39 is 16.0 Å². The molecule has 1 heterocycles. The second kappa shape index (κ2) is 9.02. The monoisotopic (exact) mass is 412 g/mol. The molecule has 1 aromatic carbocycles. The molecule has 1 amide bonds. The van der Waals surface area contributed by atoms with Gasteiger partial charge >= 0.3 is 5.97 Å². The Bertz CT molecular complexity index is 817. The molecule has 1 aromatic rings. The summed E-state index contributed by atoms with van der Waals surface area (Å²) in [4.78, 5) is 25.1. The minimum atomic E-state index is -3.83. The van der Waals surface area contributed by atoms with E-state index in [1.54, 1.807) is 12.1 Å². The van der Waals surface area contributed by atoms with Gasteiger partial charge in [-0.1, -0.05) is 12.1 Å². The maximum Gasteiger partial charge on any atom is 0.339 e. The van der Waals surface area contributed by atoms with Crippen LogP contribution in [0, 0.1) is 0 Å². The van der Waals surface area contributed by atoms with Gasteiger partial charge < -0.3 is 15.0 Å². The second-order valence-electron chi connectivity index (χ2n) is 7.97. The van der Waals surface area contributed by atoms with Gasteiger partial charge in [-0.15, -0.1) is 0 Å². The highest BCUT2D eigenvalue weighted by atomic mass is 32.2. The molecule has 28 heavy (non-hydrogen) atoms. The number of nitrogens with zero attached hydrogens (tertiary/aromatic N) is 1. The smallest absolute Gasteiger partial charge is 0.339 e. The van der Waals surface area contributed by atoms with E-state index >= 15 is 0 Å². The Morgan fingerprint density at radius 3 is 2.50 bits per heavy atom. The van der Waals surface area contributed by atoms with Crippen molar-refractivity contribution in [3.05, 3.63) is 29.8 Å². The average molecular weight is 413 g/mol. The lowest BCUT2D eigenvalue weighted by molar-refractivity contribution is -0.889. The van der Waals surface area contributed by atoms with Crippen LogP contribution >= 0.6 is 0 Å². The molecule has 1 atom stereocenters. The number of carbonyl (C=O) groups excluding carboxylic acids is 2. The van der Waals surface area contributed by atoms with Crippen molar-refractivity contribution in [3.8, 4) is 0 Å². The number of rotatable bonds is 5. The summed E-state index contributed by atoms with van der Waals surface area (Å²) in [5.41, 5.74) is -0.266. The van der Waals surface area contributed by atoms with Gasteiger partial charge in [0.25, 0.3) is 5.91 Å². The van der Waals surface area contributed by atoms with Crippen molar-refractivity contribution < 1.29 is 27.6 Å². The van der Waals surface area contributed by atoms with E-state index in [1.807, 2.05) is 20.8 Å². The Morgan fingerprint density at radius 2 is 1.86 bits per heavy atom. The van der Waals surface area contributed by atoms with Crippen LogP contribution in [0.3, 0.4) is 0 Å². The van der Waals surface area contributed by atoms with Crippen LogP contribution in [0.2, 0.25) is 0 Å². The molecular weight excluding hydrogens is 382 g/mol. The van der Waals surface area contributed by atoms with Crippen molar-refractivity contribution in [1.82, 2.24) is 9.62 Å². The minimum absolute atomic E-state index is 0.0306. The maximum atomic E-state index is 13.1. The number of ether oxygens (including phenoxy) is 1. The molecular formula is C19H30N3O5S+. The average Bonchev–Trinajstić information content (AvgIpc) is 2.85. The van der Waals surface area contributed by atoms with Crippen LogP contribution in [0.25, 0.3) is 0 Å². The lowest BCUT2D eigenvalue weighted by Gasteiger charge is -2.23. The van der Waals surface area contributed by atoms with Crippen LogP contribution in [0.15, 0.2) is 29.2 Å². The zero-order valence-electron chi connectivity index (χ0n) is 16.9. The van der Waals surface area contributed by atoms with Gasteiger partial charge in [-0.25, -0.2) is 13.2 Å². The lowest BCUT2D eigenvalue weighted by Crippen LogP contribution is -3.13. The molecule has 8 nitrogen and oxygen atoms in total. The molecule has 0 saturated carbocycles. The van der Waals surface area contributed by atoms with Crippen molar-refractivity contribution in [3.63, 3.8) is 0 Å². The number of amides is 1. The molecule has 0 spiro atoms. The number of benzene rings is 1. The zero-order chi connectivity index (χ0) is 20.9. The van der Waals surface area contributed by atoms with Gasteiger partial charge in [0.2, 0.25) is 10.0 Å². The first-order valence-electron chi connectivity index (χ1n) is 9.36. The zero-order valence-corrected chi connectivity index (χ0v) is 17.8. The largest absolute Gasteiger partial charge is 0.465 e. The van der Waals surface area contributed by atoms with Crippen LogP contribution in [0.4, 0.5) is 0 Å². The van der Waals surface area contributed by atoms with Gasteiger partial charge in [-0.3, -0.25) is 4.79 Å². The Hall–Kier alpha value is -1.97. The molecule has 156 valence electrons. The first-order valence-corrected chi connectivity index (χ1v) is 10.8. The molecule has 0 bridgehead atoms. The highest BCUT2D eigenvalue weighted by Crippen LogP contribution is 2.21. The van der Waals surface area contributed by atoms with E-state index in [0.717, 1.165) is 4.90 Å². The van der Waals surface area contributed by atoms with Crippen LogP contribution in [0.1, 0.15) is 37.6 Å². The molecule has 9 heteroatoms. The summed E-state index contributed by atoms with van der Waals surface area (Å²) < 4.78 is 32.4. The number of sulfonamides is 1. The van der Waals surface area contributed by atoms with Crippen LogP contribution in [-0.4, -0.2) is 70.0 Å². The number of esters is 1. The van der Waals surface area contributed by atoms with Crippen LogP contribution in [0.5, 0.6) is 0 Å². The van der Waals surface area contributed by atoms with Gasteiger partial charge in [0.1, 0.15) is 0 Å². The van der Waals surface area contributed by atoms with Gasteiger partial charge in [-0.05, 0) is 32.9 Å². The third-order valence-corrected chi connectivity index (χ3v) is 6.44. The third-order valence-electron chi connectivity index (χ3n) is 4.49. The van der Waals surface area contributed by atoms with E-state index in [0.29, 0.717) is 32.6 Å². The maximum absolute atomic E-state index is 13.1. The Balaban J connectivity index is 2.11. The summed E-state index contributed by atoms with van der Waals surface area (Å²) in [7, 11) is -2.61. The fourth-order valence-corrected chi connectivity index (χ4v) is 4.90. The van der Waals surface area contributed by atoms with Gasteiger partial charge in [0.05, 0.1) is 37.2 Å². The van der Waals surface area contributed by atoms with E-state index in [-0.39, 0.29) is 28.4 Å². The molecule has 0 radical (unpaired) electrons. The van der Waals surface area contributed by atoms with E-state index in [9.17, 15) is 18.0 Å². The van der Waals surface area contributed by atoms with Crippen LogP contribution < -0.4 is 10.2 Å². The number of nitrogens with one attached hydrogen (secondary N) is 2. The topological polar surface area (TPSA) is 97.2 Å². The molecule has 0 aromatic heterocycles. The number of methoxy groups -OCH3 is 1. The molecule has 1 saturated heterocycles. The van der Waals surface area contributed by atoms with Crippen molar-refractivity contribution in [2.45, 2.75) is 37.6 Å². The molecule has 2 rings (SSSR count). The summed E-state index contributed by atoms with van der Waals surface area (Å²) in [5.74, 6) is -0.727. The molecule has 1 aliphatic heterocycles. The highest BCUT2D eigenvalue weighted by molar-refractivity contribution is 7.89. The van der Waals surface area contributed by atoms with E-state index in [1.165, 1.54) is 23.5 Å². The van der Waals surface area contributed by atoms with Gasteiger partial charge in [0, 0.05) is 18.5 Å². The normalized spacial score (nSPS) is 18.9. The Kier molecular flexibility index (Phi) is 7.19. The van der Waals surface area contributed by atoms with Crippen molar-refractivity contribution in [1.29, 1.82) is 0 Å². The fraction of sp³-hybridized carbons (Fsp3) is 0.579. The molecule has 2 N–H and O–H groups in total. The number of carbonyl (C=O) groups is 2. The summed E-state index contributed by atoms with van der Waals surface area (Å²) in [6.45, 7) is 7.96. The van der Waals surface area contributed by atoms with Crippen molar-refractivity contribution >= 4 is 21.9 Å². The SMILES string of the molecule is COC(=O)c1ccccc1S(=O)(=O)N1CCC[NH+](CC(=O)NC(C)(C)C)CC1. The van der Waals surface area contributed by atoms with Crippen molar-refractivity contribution in [2.24, 2.45) is 0 Å². The molecule has 1 aliphatic rings. The fourth-order valence-electron chi connectivity index (χ4n) is 3.24. The quantitative estimate of drug-likeness (QED) is 0.646. The van der Waals surface area contributed by atoms with E-state index in [4.69, 9.17) is 4.74 Å². The summed E-state index contributed by atoms with van der Waals surface area (Å²) >= 11 is 0. The third kappa shape index (κ3) is 5.76.